The molecule has 0 bridgehead atoms. The summed E-state index contributed by atoms with van der Waals surface area (Å²) in [4.78, 5) is 16.0. The summed E-state index contributed by atoms with van der Waals surface area (Å²) < 4.78 is 7.32. The molecule has 3 aromatic rings. The number of carbonyl (C=O) groups excluding carboxylic acids is 1. The number of nitrogens with zero attached hydrogens (tertiary/aromatic N) is 3. The summed E-state index contributed by atoms with van der Waals surface area (Å²) in [6.45, 7) is 0.497. The lowest BCUT2D eigenvalue weighted by Gasteiger charge is -2.06. The highest BCUT2D eigenvalue weighted by Gasteiger charge is 2.03. The van der Waals surface area contributed by atoms with Gasteiger partial charge in [0.05, 0.1) is 11.8 Å². The van der Waals surface area contributed by atoms with Gasteiger partial charge in [0, 0.05) is 25.6 Å². The lowest BCUT2D eigenvalue weighted by atomic mass is 10.1. The van der Waals surface area contributed by atoms with Crippen molar-refractivity contribution in [3.63, 3.8) is 0 Å². The molecule has 0 N–H and O–H groups in total. The van der Waals surface area contributed by atoms with Gasteiger partial charge in [-0.2, -0.15) is 5.10 Å². The fourth-order valence-corrected chi connectivity index (χ4v) is 2.14. The first-order valence-electron chi connectivity index (χ1n) is 7.53. The molecular formula is C19H17N3O2. The second kappa shape index (κ2) is 7.37. The summed E-state index contributed by atoms with van der Waals surface area (Å²) in [5.41, 5.74) is 2.57. The number of carbonyl (C=O) groups is 1. The summed E-state index contributed by atoms with van der Waals surface area (Å²) in [6, 6.07) is 11.4. The first kappa shape index (κ1) is 15.7. The van der Waals surface area contributed by atoms with Gasteiger partial charge in [-0.05, 0) is 41.5 Å². The summed E-state index contributed by atoms with van der Waals surface area (Å²) in [7, 11) is 1.78. The van der Waals surface area contributed by atoms with Crippen molar-refractivity contribution in [2.45, 2.75) is 6.61 Å². The lowest BCUT2D eigenvalue weighted by Crippen LogP contribution is -1.95. The molecule has 0 saturated carbocycles. The van der Waals surface area contributed by atoms with E-state index in [2.05, 4.69) is 10.1 Å². The van der Waals surface area contributed by atoms with E-state index in [4.69, 9.17) is 4.74 Å². The molecular weight excluding hydrogens is 302 g/mol. The van der Waals surface area contributed by atoms with E-state index >= 15 is 0 Å². The summed E-state index contributed by atoms with van der Waals surface area (Å²) in [6.07, 6.45) is 10.1. The van der Waals surface area contributed by atoms with Crippen LogP contribution < -0.4 is 4.74 Å². The van der Waals surface area contributed by atoms with Gasteiger partial charge in [0.1, 0.15) is 12.4 Å². The fourth-order valence-electron chi connectivity index (χ4n) is 2.14. The van der Waals surface area contributed by atoms with Crippen LogP contribution in [0, 0.1) is 0 Å². The molecule has 0 unspecified atom stereocenters. The van der Waals surface area contributed by atoms with Crippen LogP contribution in [0.15, 0.2) is 67.3 Å². The molecule has 0 radical (unpaired) electrons. The van der Waals surface area contributed by atoms with Crippen LogP contribution in [0.25, 0.3) is 6.08 Å². The minimum absolute atomic E-state index is 0.0684. The van der Waals surface area contributed by atoms with Gasteiger partial charge < -0.3 is 4.74 Å². The minimum Gasteiger partial charge on any atom is -0.489 e. The maximum Gasteiger partial charge on any atom is 0.189 e. The van der Waals surface area contributed by atoms with Crippen molar-refractivity contribution in [1.82, 2.24) is 14.8 Å². The molecule has 3 rings (SSSR count). The van der Waals surface area contributed by atoms with Gasteiger partial charge >= 0.3 is 0 Å². The Bertz CT molecular complexity index is 837. The SMILES string of the molecule is Cn1cc(C(=O)/C=C/c2ccc(OCc3ccncc3)cc2)cn1. The summed E-state index contributed by atoms with van der Waals surface area (Å²) in [5, 5.41) is 3.99. The van der Waals surface area contributed by atoms with E-state index in [1.54, 1.807) is 48.7 Å². The van der Waals surface area contributed by atoms with Gasteiger partial charge in [-0.3, -0.25) is 14.5 Å². The summed E-state index contributed by atoms with van der Waals surface area (Å²) in [5.74, 6) is 0.712. The molecule has 24 heavy (non-hydrogen) atoms. The number of hydrogen-bond donors (Lipinski definition) is 0. The van der Waals surface area contributed by atoms with Crippen LogP contribution in [0.5, 0.6) is 5.75 Å². The number of aromatic nitrogens is 3. The Balaban J connectivity index is 1.58. The molecule has 0 aliphatic heterocycles. The second-order valence-electron chi connectivity index (χ2n) is 5.31. The number of allylic oxidation sites excluding steroid dienone is 1. The zero-order valence-corrected chi connectivity index (χ0v) is 13.3. The molecule has 5 nitrogen and oxygen atoms in total. The van der Waals surface area contributed by atoms with Gasteiger partial charge in [-0.1, -0.05) is 18.2 Å². The number of hydrogen-bond acceptors (Lipinski definition) is 4. The van der Waals surface area contributed by atoms with Crippen molar-refractivity contribution in [2.24, 2.45) is 7.05 Å². The molecule has 0 aliphatic rings. The fraction of sp³-hybridized carbons (Fsp3) is 0.105. The number of benzene rings is 1. The van der Waals surface area contributed by atoms with Crippen LogP contribution in [-0.2, 0) is 13.7 Å². The van der Waals surface area contributed by atoms with Gasteiger partial charge in [0.2, 0.25) is 0 Å². The van der Waals surface area contributed by atoms with E-state index in [9.17, 15) is 4.79 Å². The highest BCUT2D eigenvalue weighted by molar-refractivity contribution is 6.06. The van der Waals surface area contributed by atoms with E-state index in [0.717, 1.165) is 16.9 Å². The molecule has 0 saturated heterocycles. The molecule has 120 valence electrons. The zero-order chi connectivity index (χ0) is 16.8. The number of rotatable bonds is 6. The maximum atomic E-state index is 12.0. The van der Waals surface area contributed by atoms with E-state index < -0.39 is 0 Å². The molecule has 2 heterocycles. The quantitative estimate of drug-likeness (QED) is 0.517. The monoisotopic (exact) mass is 319 g/mol. The third-order valence-electron chi connectivity index (χ3n) is 3.45. The van der Waals surface area contributed by atoms with Gasteiger partial charge in [0.15, 0.2) is 5.78 Å². The first-order valence-corrected chi connectivity index (χ1v) is 7.53. The van der Waals surface area contributed by atoms with E-state index in [1.807, 2.05) is 36.4 Å². The van der Waals surface area contributed by atoms with Crippen molar-refractivity contribution in [3.8, 4) is 5.75 Å². The van der Waals surface area contributed by atoms with Crippen molar-refractivity contribution >= 4 is 11.9 Å². The molecule has 0 spiro atoms. The largest absolute Gasteiger partial charge is 0.489 e. The molecule has 0 amide bonds. The first-order chi connectivity index (χ1) is 11.7. The Morgan fingerprint density at radius 2 is 1.92 bits per heavy atom. The van der Waals surface area contributed by atoms with Crippen molar-refractivity contribution in [1.29, 1.82) is 0 Å². The highest BCUT2D eigenvalue weighted by atomic mass is 16.5. The maximum absolute atomic E-state index is 12.0. The average Bonchev–Trinajstić information content (AvgIpc) is 3.06. The number of pyridine rings is 1. The lowest BCUT2D eigenvalue weighted by molar-refractivity contribution is 0.104. The Morgan fingerprint density at radius 3 is 2.58 bits per heavy atom. The van der Waals surface area contributed by atoms with Gasteiger partial charge in [-0.15, -0.1) is 0 Å². The number of ether oxygens (including phenoxy) is 1. The number of ketones is 1. The molecule has 0 fully saturated rings. The normalized spacial score (nSPS) is 10.9. The standard InChI is InChI=1S/C19H17N3O2/c1-22-13-17(12-21-22)19(23)7-4-15-2-5-18(6-3-15)24-14-16-8-10-20-11-9-16/h2-13H,14H2,1H3/b7-4+. The topological polar surface area (TPSA) is 57.0 Å². The van der Waals surface area contributed by atoms with Gasteiger partial charge in [0.25, 0.3) is 0 Å². The highest BCUT2D eigenvalue weighted by Crippen LogP contribution is 2.15. The van der Waals surface area contributed by atoms with Crippen LogP contribution in [0.4, 0.5) is 0 Å². The van der Waals surface area contributed by atoms with Crippen molar-refractivity contribution in [3.05, 3.63) is 84.0 Å². The second-order valence-corrected chi connectivity index (χ2v) is 5.31. The number of aryl methyl sites for hydroxylation is 1. The Morgan fingerprint density at radius 1 is 1.17 bits per heavy atom. The Kier molecular flexibility index (Phi) is 4.81. The molecule has 0 aliphatic carbocycles. The van der Waals surface area contributed by atoms with Crippen molar-refractivity contribution < 1.29 is 9.53 Å². The van der Waals surface area contributed by atoms with Crippen molar-refractivity contribution in [2.75, 3.05) is 0 Å². The van der Waals surface area contributed by atoms with E-state index in [0.29, 0.717) is 12.2 Å². The van der Waals surface area contributed by atoms with E-state index in [-0.39, 0.29) is 5.78 Å². The van der Waals surface area contributed by atoms with E-state index in [1.165, 1.54) is 0 Å². The molecule has 2 aromatic heterocycles. The van der Waals surface area contributed by atoms with Gasteiger partial charge in [-0.25, -0.2) is 0 Å². The smallest absolute Gasteiger partial charge is 0.189 e. The molecule has 1 aromatic carbocycles. The predicted octanol–water partition coefficient (Wildman–Crippen LogP) is 3.29. The zero-order valence-electron chi connectivity index (χ0n) is 13.3. The Labute approximate surface area is 140 Å². The third-order valence-corrected chi connectivity index (χ3v) is 3.45. The molecule has 0 atom stereocenters. The summed E-state index contributed by atoms with van der Waals surface area (Å²) >= 11 is 0. The van der Waals surface area contributed by atoms with Crippen LogP contribution in [0.1, 0.15) is 21.5 Å². The third kappa shape index (κ3) is 4.16. The van der Waals surface area contributed by atoms with Crippen LogP contribution >= 0.6 is 0 Å². The molecule has 5 heteroatoms. The average molecular weight is 319 g/mol. The van der Waals surface area contributed by atoms with Crippen LogP contribution in [0.2, 0.25) is 0 Å². The van der Waals surface area contributed by atoms with Crippen LogP contribution in [-0.4, -0.2) is 20.5 Å². The predicted molar refractivity (Wildman–Crippen MR) is 91.6 cm³/mol. The minimum atomic E-state index is -0.0684. The van der Waals surface area contributed by atoms with Crippen LogP contribution in [0.3, 0.4) is 0 Å². The Hall–Kier alpha value is -3.21.